The van der Waals surface area contributed by atoms with Gasteiger partial charge in [0, 0.05) is 24.7 Å². The van der Waals surface area contributed by atoms with Crippen LogP contribution < -0.4 is 19.1 Å². The molecule has 0 spiro atoms. The minimum atomic E-state index is -4.35. The number of carbonyl (C=O) groups excluding carboxylic acids is 2. The van der Waals surface area contributed by atoms with E-state index in [-0.39, 0.29) is 29.5 Å². The Bertz CT molecular complexity index is 1450. The fourth-order valence-corrected chi connectivity index (χ4v) is 5.58. The van der Waals surface area contributed by atoms with Crippen LogP contribution in [0.15, 0.2) is 71.6 Å². The predicted molar refractivity (Wildman–Crippen MR) is 144 cm³/mol. The average molecular weight is 576 g/mol. The van der Waals surface area contributed by atoms with E-state index in [1.807, 2.05) is 0 Å². The lowest BCUT2D eigenvalue weighted by Gasteiger charge is -2.32. The molecular formula is C27H27ClFN3O6S. The molecule has 12 heteroatoms. The van der Waals surface area contributed by atoms with E-state index in [1.54, 1.807) is 31.2 Å². The SMILES string of the molecule is CNC(=O)[C@@H](C)N(Cc1ccc(Cl)cc1)C(=O)CN(c1ccc(F)cc1)S(=O)(=O)c1ccc2c(c1)OCCO2. The summed E-state index contributed by atoms with van der Waals surface area (Å²) in [4.78, 5) is 27.4. The van der Waals surface area contributed by atoms with Crippen molar-refractivity contribution >= 4 is 39.1 Å². The molecule has 1 N–H and O–H groups in total. The van der Waals surface area contributed by atoms with E-state index in [1.165, 1.54) is 42.3 Å². The summed E-state index contributed by atoms with van der Waals surface area (Å²) in [7, 11) is -2.90. The van der Waals surface area contributed by atoms with Gasteiger partial charge >= 0.3 is 0 Å². The van der Waals surface area contributed by atoms with Crippen LogP contribution >= 0.6 is 11.6 Å². The Morgan fingerprint density at radius 3 is 2.28 bits per heavy atom. The van der Waals surface area contributed by atoms with Gasteiger partial charge in [0.2, 0.25) is 11.8 Å². The molecule has 0 aliphatic carbocycles. The highest BCUT2D eigenvalue weighted by Crippen LogP contribution is 2.34. The van der Waals surface area contributed by atoms with Gasteiger partial charge in [-0.3, -0.25) is 13.9 Å². The van der Waals surface area contributed by atoms with Gasteiger partial charge in [-0.1, -0.05) is 23.7 Å². The van der Waals surface area contributed by atoms with Crippen LogP contribution in [0.5, 0.6) is 11.5 Å². The molecule has 0 saturated heterocycles. The van der Waals surface area contributed by atoms with Gasteiger partial charge in [-0.2, -0.15) is 0 Å². The molecule has 2 amide bonds. The number of carbonyl (C=O) groups is 2. The molecule has 1 atom stereocenters. The van der Waals surface area contributed by atoms with Crippen molar-refractivity contribution in [2.45, 2.75) is 24.4 Å². The number of hydrogen-bond acceptors (Lipinski definition) is 6. The fourth-order valence-electron chi connectivity index (χ4n) is 4.03. The number of anilines is 1. The third-order valence-corrected chi connectivity index (χ3v) is 8.20. The van der Waals surface area contributed by atoms with Crippen LogP contribution in [0.4, 0.5) is 10.1 Å². The molecule has 0 unspecified atom stereocenters. The second-order valence-corrected chi connectivity index (χ2v) is 11.0. The summed E-state index contributed by atoms with van der Waals surface area (Å²) >= 11 is 5.99. The number of fused-ring (bicyclic) bond motifs is 1. The van der Waals surface area contributed by atoms with Gasteiger partial charge in [0.05, 0.1) is 10.6 Å². The molecule has 0 fully saturated rings. The van der Waals surface area contributed by atoms with Gasteiger partial charge in [-0.15, -0.1) is 0 Å². The number of rotatable bonds is 9. The Hall–Kier alpha value is -3.83. The molecule has 3 aromatic carbocycles. The summed E-state index contributed by atoms with van der Waals surface area (Å²) in [5.41, 5.74) is 0.755. The quantitative estimate of drug-likeness (QED) is 0.418. The molecule has 4 rings (SSSR count). The zero-order chi connectivity index (χ0) is 28.2. The molecule has 0 radical (unpaired) electrons. The van der Waals surface area contributed by atoms with Crippen LogP contribution in [0.2, 0.25) is 5.02 Å². The lowest BCUT2D eigenvalue weighted by atomic mass is 10.1. The lowest BCUT2D eigenvalue weighted by Crippen LogP contribution is -2.50. The number of halogens is 2. The topological polar surface area (TPSA) is 105 Å². The van der Waals surface area contributed by atoms with Crippen molar-refractivity contribution in [1.29, 1.82) is 0 Å². The van der Waals surface area contributed by atoms with Crippen molar-refractivity contribution in [1.82, 2.24) is 10.2 Å². The Balaban J connectivity index is 1.72. The lowest BCUT2D eigenvalue weighted by molar-refractivity contribution is -0.139. The largest absolute Gasteiger partial charge is 0.486 e. The van der Waals surface area contributed by atoms with E-state index in [4.69, 9.17) is 21.1 Å². The van der Waals surface area contributed by atoms with Gasteiger partial charge in [0.1, 0.15) is 31.6 Å². The Morgan fingerprint density at radius 1 is 1.00 bits per heavy atom. The summed E-state index contributed by atoms with van der Waals surface area (Å²) in [6.07, 6.45) is 0. The van der Waals surface area contributed by atoms with Crippen molar-refractivity contribution in [3.05, 3.63) is 83.1 Å². The summed E-state index contributed by atoms with van der Waals surface area (Å²) < 4.78 is 53.4. The number of likely N-dealkylation sites (N-methyl/N-ethyl adjacent to an activating group) is 1. The third-order valence-electron chi connectivity index (χ3n) is 6.17. The monoisotopic (exact) mass is 575 g/mol. The highest BCUT2D eigenvalue weighted by molar-refractivity contribution is 7.92. The summed E-state index contributed by atoms with van der Waals surface area (Å²) in [5.74, 6) is -0.991. The molecule has 1 aliphatic heterocycles. The molecule has 1 heterocycles. The molecule has 0 saturated carbocycles. The highest BCUT2D eigenvalue weighted by Gasteiger charge is 2.33. The first-order valence-corrected chi connectivity index (χ1v) is 13.9. The average Bonchev–Trinajstić information content (AvgIpc) is 2.94. The molecule has 0 bridgehead atoms. The number of amides is 2. The zero-order valence-corrected chi connectivity index (χ0v) is 22.8. The summed E-state index contributed by atoms with van der Waals surface area (Å²) in [6, 6.07) is 14.7. The van der Waals surface area contributed by atoms with E-state index in [2.05, 4.69) is 5.32 Å². The van der Waals surface area contributed by atoms with Crippen LogP contribution in [0, 0.1) is 5.82 Å². The minimum absolute atomic E-state index is 0.0198. The van der Waals surface area contributed by atoms with Gasteiger partial charge in [-0.05, 0) is 61.0 Å². The Kier molecular flexibility index (Phi) is 8.61. The smallest absolute Gasteiger partial charge is 0.264 e. The first kappa shape index (κ1) is 28.2. The highest BCUT2D eigenvalue weighted by atomic mass is 35.5. The van der Waals surface area contributed by atoms with Crippen molar-refractivity contribution < 1.29 is 31.9 Å². The summed E-state index contributed by atoms with van der Waals surface area (Å²) in [6.45, 7) is 1.50. The van der Waals surface area contributed by atoms with E-state index in [0.717, 1.165) is 16.4 Å². The Labute approximate surface area is 231 Å². The predicted octanol–water partition coefficient (Wildman–Crippen LogP) is 3.61. The van der Waals surface area contributed by atoms with E-state index < -0.39 is 40.2 Å². The first-order valence-electron chi connectivity index (χ1n) is 12.0. The van der Waals surface area contributed by atoms with Gasteiger partial charge in [-0.25, -0.2) is 12.8 Å². The van der Waals surface area contributed by atoms with Crippen LogP contribution in [0.25, 0.3) is 0 Å². The standard InChI is InChI=1S/C27H27ClFN3O6S/c1-18(27(34)30-2)31(16-19-3-5-20(28)6-4-19)26(33)17-32(22-9-7-21(29)8-10-22)39(35,36)23-11-12-24-25(15-23)38-14-13-37-24/h3-12,15,18H,13-14,16-17H2,1-2H3,(H,30,34)/t18-/m1/s1. The van der Waals surface area contributed by atoms with Crippen molar-refractivity contribution in [3.63, 3.8) is 0 Å². The van der Waals surface area contributed by atoms with E-state index in [0.29, 0.717) is 22.9 Å². The van der Waals surface area contributed by atoms with Gasteiger partial charge in [0.15, 0.2) is 11.5 Å². The van der Waals surface area contributed by atoms with E-state index in [9.17, 15) is 22.4 Å². The van der Waals surface area contributed by atoms with Crippen LogP contribution in [0.1, 0.15) is 12.5 Å². The van der Waals surface area contributed by atoms with Gasteiger partial charge < -0.3 is 19.7 Å². The maximum atomic E-state index is 13.9. The number of nitrogens with zero attached hydrogens (tertiary/aromatic N) is 2. The van der Waals surface area contributed by atoms with Crippen molar-refractivity contribution in [2.75, 3.05) is 31.1 Å². The summed E-state index contributed by atoms with van der Waals surface area (Å²) in [5, 5.41) is 3.02. The molecular weight excluding hydrogens is 549 g/mol. The normalized spacial score (nSPS) is 13.3. The maximum absolute atomic E-state index is 13.9. The zero-order valence-electron chi connectivity index (χ0n) is 21.3. The van der Waals surface area contributed by atoms with Gasteiger partial charge in [0.25, 0.3) is 10.0 Å². The minimum Gasteiger partial charge on any atom is -0.486 e. The van der Waals surface area contributed by atoms with Crippen molar-refractivity contribution in [2.24, 2.45) is 0 Å². The van der Waals surface area contributed by atoms with Crippen LogP contribution in [0.3, 0.4) is 0 Å². The van der Waals surface area contributed by atoms with Crippen LogP contribution in [-0.4, -0.2) is 58.0 Å². The third kappa shape index (κ3) is 6.43. The molecule has 206 valence electrons. The molecule has 3 aromatic rings. The molecule has 1 aliphatic rings. The number of ether oxygens (including phenoxy) is 2. The Morgan fingerprint density at radius 2 is 1.64 bits per heavy atom. The first-order chi connectivity index (χ1) is 18.6. The molecule has 39 heavy (non-hydrogen) atoms. The number of sulfonamides is 1. The molecule has 0 aromatic heterocycles. The van der Waals surface area contributed by atoms with Crippen molar-refractivity contribution in [3.8, 4) is 11.5 Å². The second-order valence-electron chi connectivity index (χ2n) is 8.73. The van der Waals surface area contributed by atoms with Crippen LogP contribution in [-0.2, 0) is 26.2 Å². The fraction of sp³-hybridized carbons (Fsp3) is 0.259. The number of nitrogens with one attached hydrogen (secondary N) is 1. The maximum Gasteiger partial charge on any atom is 0.264 e. The number of benzene rings is 3. The number of hydrogen-bond donors (Lipinski definition) is 1. The van der Waals surface area contributed by atoms with E-state index >= 15 is 0 Å². The second kappa shape index (κ2) is 11.9. The molecule has 9 nitrogen and oxygen atoms in total.